The van der Waals surface area contributed by atoms with Crippen LogP contribution in [-0.4, -0.2) is 45.0 Å². The summed E-state index contributed by atoms with van der Waals surface area (Å²) in [6.07, 6.45) is 2.23. The van der Waals surface area contributed by atoms with Crippen LogP contribution in [0.2, 0.25) is 0 Å². The number of rotatable bonds is 6. The fourth-order valence-electron chi connectivity index (χ4n) is 2.61. The SMILES string of the molecule is CCc1[nH]nc2c(=O)[nH]c(-c3cc(C)cnc3O[C@H](C)COC)nc12. The van der Waals surface area contributed by atoms with Crippen molar-refractivity contribution in [3.8, 4) is 17.3 Å². The summed E-state index contributed by atoms with van der Waals surface area (Å²) in [5.41, 5.74) is 2.96. The average Bonchev–Trinajstić information content (AvgIpc) is 3.00. The zero-order valence-electron chi connectivity index (χ0n) is 14.7. The number of methoxy groups -OCH3 is 1. The molecule has 25 heavy (non-hydrogen) atoms. The molecule has 3 heterocycles. The van der Waals surface area contributed by atoms with Crippen molar-refractivity contribution in [2.24, 2.45) is 0 Å². The van der Waals surface area contributed by atoms with Gasteiger partial charge in [-0.25, -0.2) is 9.97 Å². The maximum absolute atomic E-state index is 12.4. The number of nitrogens with zero attached hydrogens (tertiary/aromatic N) is 3. The van der Waals surface area contributed by atoms with E-state index in [1.807, 2.05) is 26.8 Å². The summed E-state index contributed by atoms with van der Waals surface area (Å²) in [5.74, 6) is 0.809. The van der Waals surface area contributed by atoms with Crippen LogP contribution in [0, 0.1) is 6.92 Å². The lowest BCUT2D eigenvalue weighted by atomic mass is 10.2. The first kappa shape index (κ1) is 17.1. The normalized spacial score (nSPS) is 12.5. The van der Waals surface area contributed by atoms with Crippen molar-refractivity contribution in [2.45, 2.75) is 33.3 Å². The van der Waals surface area contributed by atoms with Gasteiger partial charge in [0.15, 0.2) is 5.52 Å². The van der Waals surface area contributed by atoms with Crippen LogP contribution >= 0.6 is 0 Å². The highest BCUT2D eigenvalue weighted by Crippen LogP contribution is 2.27. The van der Waals surface area contributed by atoms with Gasteiger partial charge in [0.2, 0.25) is 5.88 Å². The van der Waals surface area contributed by atoms with Crippen LogP contribution < -0.4 is 10.3 Å². The van der Waals surface area contributed by atoms with E-state index in [0.29, 0.717) is 41.3 Å². The second kappa shape index (κ2) is 7.02. The molecule has 0 bridgehead atoms. The topological polar surface area (TPSA) is 106 Å². The number of ether oxygens (including phenoxy) is 2. The van der Waals surface area contributed by atoms with E-state index in [4.69, 9.17) is 9.47 Å². The van der Waals surface area contributed by atoms with Crippen molar-refractivity contribution >= 4 is 11.0 Å². The molecule has 3 aromatic rings. The zero-order chi connectivity index (χ0) is 18.0. The first-order valence-electron chi connectivity index (χ1n) is 8.13. The van der Waals surface area contributed by atoms with Crippen LogP contribution in [0.5, 0.6) is 5.88 Å². The van der Waals surface area contributed by atoms with E-state index in [0.717, 1.165) is 11.3 Å². The molecular weight excluding hydrogens is 322 g/mol. The third-order valence-electron chi connectivity index (χ3n) is 3.79. The Hall–Kier alpha value is -2.74. The fourth-order valence-corrected chi connectivity index (χ4v) is 2.61. The molecule has 0 aromatic carbocycles. The second-order valence-corrected chi connectivity index (χ2v) is 5.92. The van der Waals surface area contributed by atoms with Gasteiger partial charge in [-0.05, 0) is 31.9 Å². The summed E-state index contributed by atoms with van der Waals surface area (Å²) in [6, 6.07) is 1.89. The van der Waals surface area contributed by atoms with E-state index in [9.17, 15) is 4.79 Å². The molecule has 0 aliphatic carbocycles. The highest BCUT2D eigenvalue weighted by atomic mass is 16.5. The van der Waals surface area contributed by atoms with Crippen molar-refractivity contribution < 1.29 is 9.47 Å². The maximum Gasteiger partial charge on any atom is 0.279 e. The van der Waals surface area contributed by atoms with Gasteiger partial charge in [-0.2, -0.15) is 5.10 Å². The Bertz CT molecular complexity index is 947. The molecule has 0 aliphatic heterocycles. The Balaban J connectivity index is 2.13. The number of hydrogen-bond donors (Lipinski definition) is 2. The minimum atomic E-state index is -0.298. The highest BCUT2D eigenvalue weighted by Gasteiger charge is 2.17. The Kier molecular flexibility index (Phi) is 4.80. The summed E-state index contributed by atoms with van der Waals surface area (Å²) >= 11 is 0. The van der Waals surface area contributed by atoms with Crippen molar-refractivity contribution in [2.75, 3.05) is 13.7 Å². The zero-order valence-corrected chi connectivity index (χ0v) is 14.7. The van der Waals surface area contributed by atoms with Gasteiger partial charge in [0.1, 0.15) is 17.4 Å². The lowest BCUT2D eigenvalue weighted by Crippen LogP contribution is -2.19. The number of H-pyrrole nitrogens is 2. The molecule has 0 amide bonds. The van der Waals surface area contributed by atoms with E-state index < -0.39 is 0 Å². The molecule has 3 rings (SSSR count). The summed E-state index contributed by atoms with van der Waals surface area (Å²) in [4.78, 5) is 24.1. The molecule has 8 nitrogen and oxygen atoms in total. The monoisotopic (exact) mass is 343 g/mol. The maximum atomic E-state index is 12.4. The van der Waals surface area contributed by atoms with E-state index in [1.165, 1.54) is 0 Å². The van der Waals surface area contributed by atoms with Gasteiger partial charge in [-0.3, -0.25) is 9.89 Å². The molecule has 8 heteroatoms. The van der Waals surface area contributed by atoms with Gasteiger partial charge >= 0.3 is 0 Å². The number of hydrogen-bond acceptors (Lipinski definition) is 6. The predicted molar refractivity (Wildman–Crippen MR) is 93.8 cm³/mol. The fraction of sp³-hybridized carbons (Fsp3) is 0.412. The van der Waals surface area contributed by atoms with Crippen molar-refractivity contribution in [1.82, 2.24) is 25.1 Å². The van der Waals surface area contributed by atoms with Crippen LogP contribution in [0.4, 0.5) is 0 Å². The molecule has 3 aromatic heterocycles. The largest absolute Gasteiger partial charge is 0.472 e. The van der Waals surface area contributed by atoms with Gasteiger partial charge in [-0.15, -0.1) is 0 Å². The highest BCUT2D eigenvalue weighted by molar-refractivity contribution is 5.78. The van der Waals surface area contributed by atoms with E-state index in [2.05, 4.69) is 25.1 Å². The Morgan fingerprint density at radius 3 is 2.84 bits per heavy atom. The number of aryl methyl sites for hydroxylation is 2. The lowest BCUT2D eigenvalue weighted by Gasteiger charge is -2.15. The van der Waals surface area contributed by atoms with Gasteiger partial charge < -0.3 is 14.5 Å². The minimum absolute atomic E-state index is 0.186. The molecule has 132 valence electrons. The van der Waals surface area contributed by atoms with Crippen molar-refractivity contribution in [1.29, 1.82) is 0 Å². The molecule has 2 N–H and O–H groups in total. The molecule has 1 atom stereocenters. The summed E-state index contributed by atoms with van der Waals surface area (Å²) in [5, 5.41) is 6.90. The molecule has 0 saturated carbocycles. The summed E-state index contributed by atoms with van der Waals surface area (Å²) in [7, 11) is 1.61. The third-order valence-corrected chi connectivity index (χ3v) is 3.79. The average molecular weight is 343 g/mol. The van der Waals surface area contributed by atoms with E-state index in [1.54, 1.807) is 13.3 Å². The molecule has 0 saturated heterocycles. The number of aromatic nitrogens is 5. The number of pyridine rings is 1. The van der Waals surface area contributed by atoms with Crippen molar-refractivity contribution in [3.63, 3.8) is 0 Å². The number of fused-ring (bicyclic) bond motifs is 1. The lowest BCUT2D eigenvalue weighted by molar-refractivity contribution is 0.0893. The van der Waals surface area contributed by atoms with Gasteiger partial charge in [0, 0.05) is 13.3 Å². The van der Waals surface area contributed by atoms with Crippen molar-refractivity contribution in [3.05, 3.63) is 33.9 Å². The summed E-state index contributed by atoms with van der Waals surface area (Å²) < 4.78 is 11.0. The summed E-state index contributed by atoms with van der Waals surface area (Å²) in [6.45, 7) is 6.22. The predicted octanol–water partition coefficient (Wildman–Crippen LogP) is 1.99. The van der Waals surface area contributed by atoms with Gasteiger partial charge in [0.25, 0.3) is 5.56 Å². The Morgan fingerprint density at radius 1 is 1.32 bits per heavy atom. The van der Waals surface area contributed by atoms with E-state index >= 15 is 0 Å². The third kappa shape index (κ3) is 3.39. The number of aromatic amines is 2. The smallest absolute Gasteiger partial charge is 0.279 e. The van der Waals surface area contributed by atoms with Crippen LogP contribution in [-0.2, 0) is 11.2 Å². The van der Waals surface area contributed by atoms with Crippen LogP contribution in [0.15, 0.2) is 17.1 Å². The molecular formula is C17H21N5O3. The van der Waals surface area contributed by atoms with Gasteiger partial charge in [-0.1, -0.05) is 6.92 Å². The molecule has 0 radical (unpaired) electrons. The Labute approximate surface area is 144 Å². The van der Waals surface area contributed by atoms with Crippen LogP contribution in [0.1, 0.15) is 25.1 Å². The standard InChI is InChI=1S/C17H21N5O3/c1-5-12-13-14(22-21-12)16(23)20-15(19-13)11-6-9(2)7-18-17(11)25-10(3)8-24-4/h6-7,10H,5,8H2,1-4H3,(H,21,22)(H,19,20,23)/t10-/m1/s1. The minimum Gasteiger partial charge on any atom is -0.472 e. The number of nitrogens with one attached hydrogen (secondary N) is 2. The first-order chi connectivity index (χ1) is 12.0. The molecule has 0 unspecified atom stereocenters. The van der Waals surface area contributed by atoms with Crippen LogP contribution in [0.3, 0.4) is 0 Å². The van der Waals surface area contributed by atoms with Crippen LogP contribution in [0.25, 0.3) is 22.4 Å². The van der Waals surface area contributed by atoms with E-state index in [-0.39, 0.29) is 11.7 Å². The second-order valence-electron chi connectivity index (χ2n) is 5.92. The molecule has 0 aliphatic rings. The Morgan fingerprint density at radius 2 is 2.12 bits per heavy atom. The first-order valence-corrected chi connectivity index (χ1v) is 8.13. The van der Waals surface area contributed by atoms with Gasteiger partial charge in [0.05, 0.1) is 17.9 Å². The quantitative estimate of drug-likeness (QED) is 0.709. The molecule has 0 fully saturated rings. The molecule has 0 spiro atoms.